The number of hydrogen-bond acceptors (Lipinski definition) is 5. The van der Waals surface area contributed by atoms with Gasteiger partial charge in [0.2, 0.25) is 0 Å². The van der Waals surface area contributed by atoms with Gasteiger partial charge in [-0.3, -0.25) is 9.78 Å². The first-order valence-corrected chi connectivity index (χ1v) is 10.9. The van der Waals surface area contributed by atoms with E-state index in [-0.39, 0.29) is 16.7 Å². The third-order valence-electron chi connectivity index (χ3n) is 6.44. The summed E-state index contributed by atoms with van der Waals surface area (Å²) in [6.45, 7) is 1.19. The minimum Gasteiger partial charge on any atom is -0.370 e. The lowest BCUT2D eigenvalue weighted by Gasteiger charge is -2.28. The Morgan fingerprint density at radius 1 is 1.24 bits per heavy atom. The zero-order chi connectivity index (χ0) is 24.5. The van der Waals surface area contributed by atoms with E-state index >= 15 is 0 Å². The molecule has 0 bridgehead atoms. The van der Waals surface area contributed by atoms with E-state index in [1.54, 1.807) is 0 Å². The van der Waals surface area contributed by atoms with E-state index < -0.39 is 36.4 Å². The monoisotopic (exact) mass is 484 g/mol. The van der Waals surface area contributed by atoms with Crippen molar-refractivity contribution in [3.63, 3.8) is 0 Å². The van der Waals surface area contributed by atoms with Gasteiger partial charge in [0, 0.05) is 49.8 Å². The second-order valence-corrected chi connectivity index (χ2v) is 8.70. The van der Waals surface area contributed by atoms with Crippen molar-refractivity contribution < 1.29 is 31.5 Å². The highest BCUT2D eigenvalue weighted by molar-refractivity contribution is 6.03. The van der Waals surface area contributed by atoms with E-state index in [2.05, 4.69) is 20.4 Å². The summed E-state index contributed by atoms with van der Waals surface area (Å²) in [5.41, 5.74) is 0.761. The number of aromatic nitrogens is 1. The topological polar surface area (TPSA) is 66.5 Å². The van der Waals surface area contributed by atoms with Crippen molar-refractivity contribution in [2.24, 2.45) is 0 Å². The van der Waals surface area contributed by atoms with Gasteiger partial charge in [-0.1, -0.05) is 0 Å². The van der Waals surface area contributed by atoms with Gasteiger partial charge < -0.3 is 20.3 Å². The zero-order valence-corrected chi connectivity index (χ0v) is 18.5. The Labute approximate surface area is 193 Å². The van der Waals surface area contributed by atoms with E-state index in [1.807, 2.05) is 4.90 Å². The fraction of sp³-hybridized carbons (Fsp3) is 0.478. The quantitative estimate of drug-likeness (QED) is 0.613. The van der Waals surface area contributed by atoms with Gasteiger partial charge in [-0.05, 0) is 43.5 Å². The molecule has 2 aliphatic rings. The van der Waals surface area contributed by atoms with E-state index in [0.717, 1.165) is 51.1 Å². The first-order valence-electron chi connectivity index (χ1n) is 10.9. The molecule has 1 aromatic heterocycles. The van der Waals surface area contributed by atoms with Gasteiger partial charge in [-0.25, -0.2) is 8.78 Å². The number of amides is 1. The van der Waals surface area contributed by atoms with Gasteiger partial charge in [-0.2, -0.15) is 13.2 Å². The summed E-state index contributed by atoms with van der Waals surface area (Å²) >= 11 is 0. The lowest BCUT2D eigenvalue weighted by atomic mass is 9.96. The summed E-state index contributed by atoms with van der Waals surface area (Å²) in [7, 11) is 0.911. The molecule has 0 radical (unpaired) electrons. The van der Waals surface area contributed by atoms with Crippen molar-refractivity contribution in [2.45, 2.75) is 37.1 Å². The highest BCUT2D eigenvalue weighted by atomic mass is 19.4. The van der Waals surface area contributed by atoms with Crippen molar-refractivity contribution in [1.29, 1.82) is 0 Å². The van der Waals surface area contributed by atoms with Gasteiger partial charge in [0.15, 0.2) is 6.10 Å². The van der Waals surface area contributed by atoms with Gasteiger partial charge >= 0.3 is 6.18 Å². The molecule has 0 unspecified atom stereocenters. The normalized spacial score (nSPS) is 21.3. The predicted molar refractivity (Wildman–Crippen MR) is 116 cm³/mol. The van der Waals surface area contributed by atoms with Crippen molar-refractivity contribution in [1.82, 2.24) is 15.6 Å². The molecule has 1 aromatic carbocycles. The number of hydrogen-bond donors (Lipinski definition) is 2. The average Bonchev–Trinajstić information content (AvgIpc) is 3.41. The molecule has 2 aliphatic heterocycles. The highest BCUT2D eigenvalue weighted by Crippen LogP contribution is 2.40. The standard InChI is InChI=1S/C23H25F5N4O2/c1-34-19(23(26,27)28)12-30-21(33)18-11-29-10-17(14-7-15(24)9-16(25)8-14)20(18)32-6-4-22(13-32)3-2-5-31-22/h7-11,19,31H,2-6,12-13H2,1H3,(H,30,33)/t19-,22-/m0/s1. The minimum atomic E-state index is -4.65. The first kappa shape index (κ1) is 24.3. The van der Waals surface area contributed by atoms with Crippen LogP contribution in [0.2, 0.25) is 0 Å². The third kappa shape index (κ3) is 5.00. The summed E-state index contributed by atoms with van der Waals surface area (Å²) in [5, 5.41) is 5.77. The molecule has 0 aliphatic carbocycles. The second-order valence-electron chi connectivity index (χ2n) is 8.70. The molecule has 2 saturated heterocycles. The van der Waals surface area contributed by atoms with E-state index in [4.69, 9.17) is 0 Å². The summed E-state index contributed by atoms with van der Waals surface area (Å²) in [6.07, 6.45) is -1.41. The number of carbonyl (C=O) groups excluding carboxylic acids is 1. The van der Waals surface area contributed by atoms with E-state index in [1.165, 1.54) is 12.4 Å². The van der Waals surface area contributed by atoms with E-state index in [0.29, 0.717) is 24.3 Å². The van der Waals surface area contributed by atoms with Crippen LogP contribution in [0.25, 0.3) is 11.1 Å². The number of rotatable bonds is 6. The molecule has 3 heterocycles. The minimum absolute atomic E-state index is 0.0224. The molecule has 2 fully saturated rings. The molecule has 1 amide bonds. The summed E-state index contributed by atoms with van der Waals surface area (Å²) in [4.78, 5) is 19.0. The summed E-state index contributed by atoms with van der Waals surface area (Å²) in [5.74, 6) is -2.37. The predicted octanol–water partition coefficient (Wildman–Crippen LogP) is 3.67. The van der Waals surface area contributed by atoms with Crippen LogP contribution in [0.1, 0.15) is 29.6 Å². The van der Waals surface area contributed by atoms with Gasteiger partial charge in [0.05, 0.1) is 17.8 Å². The highest BCUT2D eigenvalue weighted by Gasteiger charge is 2.42. The molecule has 2 aromatic rings. The van der Waals surface area contributed by atoms with Crippen LogP contribution in [0.3, 0.4) is 0 Å². The van der Waals surface area contributed by atoms with E-state index in [9.17, 15) is 26.7 Å². The fourth-order valence-corrected chi connectivity index (χ4v) is 4.77. The Bertz CT molecular complexity index is 1040. The molecular weight excluding hydrogens is 459 g/mol. The second kappa shape index (κ2) is 9.46. The molecule has 11 heteroatoms. The molecule has 4 rings (SSSR count). The van der Waals surface area contributed by atoms with Crippen LogP contribution in [-0.2, 0) is 4.74 Å². The van der Waals surface area contributed by atoms with Gasteiger partial charge in [0.1, 0.15) is 11.6 Å². The molecular formula is C23H25F5N4O2. The average molecular weight is 484 g/mol. The first-order chi connectivity index (χ1) is 16.1. The molecule has 184 valence electrons. The van der Waals surface area contributed by atoms with Crippen LogP contribution in [0, 0.1) is 11.6 Å². The van der Waals surface area contributed by atoms with Crippen LogP contribution in [0.15, 0.2) is 30.6 Å². The van der Waals surface area contributed by atoms with Crippen LogP contribution in [0.4, 0.5) is 27.6 Å². The maximum atomic E-state index is 14.0. The van der Waals surface area contributed by atoms with Crippen LogP contribution in [-0.4, -0.2) is 62.0 Å². The number of pyridine rings is 1. The van der Waals surface area contributed by atoms with Crippen molar-refractivity contribution in [2.75, 3.05) is 38.2 Å². The molecule has 2 N–H and O–H groups in total. The van der Waals surface area contributed by atoms with Gasteiger partial charge in [-0.15, -0.1) is 0 Å². The van der Waals surface area contributed by atoms with Crippen LogP contribution >= 0.6 is 0 Å². The third-order valence-corrected chi connectivity index (χ3v) is 6.44. The van der Waals surface area contributed by atoms with Crippen molar-refractivity contribution in [3.05, 3.63) is 47.8 Å². The van der Waals surface area contributed by atoms with Gasteiger partial charge in [0.25, 0.3) is 5.91 Å². The zero-order valence-electron chi connectivity index (χ0n) is 18.5. The Morgan fingerprint density at radius 2 is 1.97 bits per heavy atom. The fourth-order valence-electron chi connectivity index (χ4n) is 4.77. The number of ether oxygens (including phenoxy) is 1. The molecule has 2 atom stereocenters. The number of anilines is 1. The number of methoxy groups -OCH3 is 1. The Kier molecular flexibility index (Phi) is 6.77. The Morgan fingerprint density at radius 3 is 2.59 bits per heavy atom. The van der Waals surface area contributed by atoms with Crippen molar-refractivity contribution in [3.8, 4) is 11.1 Å². The smallest absolute Gasteiger partial charge is 0.370 e. The molecule has 6 nitrogen and oxygen atoms in total. The number of carbonyl (C=O) groups is 1. The SMILES string of the molecule is CO[C@@H](CNC(=O)c1cncc(-c2cc(F)cc(F)c2)c1N1CC[C@@]2(CCCN2)C1)C(F)(F)F. The molecule has 0 saturated carbocycles. The maximum absolute atomic E-state index is 14.0. The summed E-state index contributed by atoms with van der Waals surface area (Å²) < 4.78 is 71.6. The number of nitrogens with one attached hydrogen (secondary N) is 2. The largest absolute Gasteiger partial charge is 0.416 e. The van der Waals surface area contributed by atoms with Crippen molar-refractivity contribution >= 4 is 11.6 Å². The van der Waals surface area contributed by atoms with Crippen LogP contribution < -0.4 is 15.5 Å². The lowest BCUT2D eigenvalue weighted by molar-refractivity contribution is -0.210. The number of alkyl halides is 3. The Hall–Kier alpha value is -2.79. The maximum Gasteiger partial charge on any atom is 0.416 e. The number of halogens is 5. The number of nitrogens with zero attached hydrogens (tertiary/aromatic N) is 2. The summed E-state index contributed by atoms with van der Waals surface area (Å²) in [6, 6.07) is 3.01. The molecule has 34 heavy (non-hydrogen) atoms. The number of benzene rings is 1. The Balaban J connectivity index is 1.72. The van der Waals surface area contributed by atoms with Crippen LogP contribution in [0.5, 0.6) is 0 Å². The lowest BCUT2D eigenvalue weighted by Crippen LogP contribution is -2.43. The molecule has 1 spiro atoms.